The fourth-order valence-electron chi connectivity index (χ4n) is 1.95. The van der Waals surface area contributed by atoms with Gasteiger partial charge in [0.15, 0.2) is 0 Å². The van der Waals surface area contributed by atoms with Gasteiger partial charge in [0.25, 0.3) is 0 Å². The second kappa shape index (κ2) is 3.45. The summed E-state index contributed by atoms with van der Waals surface area (Å²) in [6.07, 6.45) is 5.94. The molecule has 0 heterocycles. The van der Waals surface area contributed by atoms with Crippen LogP contribution in [-0.4, -0.2) is 8.07 Å². The van der Waals surface area contributed by atoms with E-state index in [1.807, 2.05) is 0 Å². The molecule has 1 heteroatoms. The maximum atomic E-state index is 3.95. The summed E-state index contributed by atoms with van der Waals surface area (Å²) >= 11 is 0. The molecule has 1 rings (SSSR count). The van der Waals surface area contributed by atoms with E-state index in [0.29, 0.717) is 0 Å². The molecule has 0 amide bonds. The minimum absolute atomic E-state index is 0.264. The van der Waals surface area contributed by atoms with E-state index in [-0.39, 0.29) is 5.41 Å². The Kier molecular flexibility index (Phi) is 2.86. The van der Waals surface area contributed by atoms with Gasteiger partial charge in [-0.05, 0) is 19.3 Å². The summed E-state index contributed by atoms with van der Waals surface area (Å²) < 4.78 is 0. The molecular weight excluding hydrogens is 172 g/mol. The molecule has 1 unspecified atom stereocenters. The molecule has 1 aliphatic rings. The standard InChI is InChI=1S/C12H21Si/c1-6-12(2)9-7-8-11(12)10-13(3,4)5/h6H,1,7-9H2,2-5H3. The van der Waals surface area contributed by atoms with E-state index in [2.05, 4.69) is 44.9 Å². The summed E-state index contributed by atoms with van der Waals surface area (Å²) in [4.78, 5) is 0. The van der Waals surface area contributed by atoms with Gasteiger partial charge in [0.2, 0.25) is 0 Å². The Morgan fingerprint density at radius 2 is 2.08 bits per heavy atom. The van der Waals surface area contributed by atoms with Crippen LogP contribution in [0.4, 0.5) is 0 Å². The monoisotopic (exact) mass is 193 g/mol. The predicted octanol–water partition coefficient (Wildman–Crippen LogP) is 3.97. The van der Waals surface area contributed by atoms with Crippen molar-refractivity contribution in [3.8, 4) is 0 Å². The van der Waals surface area contributed by atoms with Gasteiger partial charge < -0.3 is 0 Å². The number of allylic oxidation sites excluding steroid dienone is 2. The van der Waals surface area contributed by atoms with E-state index in [4.69, 9.17) is 0 Å². The predicted molar refractivity (Wildman–Crippen MR) is 62.3 cm³/mol. The summed E-state index contributed by atoms with van der Waals surface area (Å²) in [7, 11) is -1.16. The van der Waals surface area contributed by atoms with Crippen LogP contribution in [0.1, 0.15) is 26.2 Å². The first-order valence-electron chi connectivity index (χ1n) is 5.15. The van der Waals surface area contributed by atoms with Crippen LogP contribution in [0.5, 0.6) is 0 Å². The Morgan fingerprint density at radius 3 is 2.54 bits per heavy atom. The van der Waals surface area contributed by atoms with Crippen molar-refractivity contribution < 1.29 is 0 Å². The molecule has 0 bridgehead atoms. The minimum atomic E-state index is -1.16. The Bertz CT molecular complexity index is 232. The average Bonchev–Trinajstić information content (AvgIpc) is 2.31. The Hall–Kier alpha value is -0.303. The molecule has 13 heavy (non-hydrogen) atoms. The number of hydrogen-bond acceptors (Lipinski definition) is 0. The van der Waals surface area contributed by atoms with Crippen molar-refractivity contribution in [1.82, 2.24) is 0 Å². The minimum Gasteiger partial charge on any atom is -0.102 e. The lowest BCUT2D eigenvalue weighted by Crippen LogP contribution is -2.21. The van der Waals surface area contributed by atoms with Crippen molar-refractivity contribution in [2.24, 2.45) is 5.41 Å². The normalized spacial score (nSPS) is 32.5. The first kappa shape index (κ1) is 10.8. The van der Waals surface area contributed by atoms with Crippen molar-refractivity contribution in [2.45, 2.75) is 45.8 Å². The molecule has 0 nitrogen and oxygen atoms in total. The molecule has 0 spiro atoms. The zero-order valence-corrected chi connectivity index (χ0v) is 10.4. The smallest absolute Gasteiger partial charge is 0.0774 e. The molecule has 0 saturated heterocycles. The van der Waals surface area contributed by atoms with Crippen LogP contribution in [-0.2, 0) is 0 Å². The van der Waals surface area contributed by atoms with Gasteiger partial charge in [0, 0.05) is 5.41 Å². The summed E-state index contributed by atoms with van der Waals surface area (Å²) in [5.41, 5.74) is 5.54. The Balaban J connectivity index is 2.92. The van der Waals surface area contributed by atoms with E-state index in [9.17, 15) is 0 Å². The van der Waals surface area contributed by atoms with Crippen LogP contribution >= 0.6 is 0 Å². The summed E-state index contributed by atoms with van der Waals surface area (Å²) in [6.45, 7) is 13.3. The molecule has 73 valence electrons. The number of rotatable bonds is 2. The number of hydrogen-bond donors (Lipinski definition) is 0. The lowest BCUT2D eigenvalue weighted by Gasteiger charge is -2.23. The molecular formula is C12H21Si. The summed E-state index contributed by atoms with van der Waals surface area (Å²) in [5, 5.41) is 0. The molecule has 0 aromatic heterocycles. The molecule has 0 aromatic rings. The van der Waals surface area contributed by atoms with E-state index in [0.717, 1.165) is 0 Å². The van der Waals surface area contributed by atoms with Gasteiger partial charge in [0.1, 0.15) is 0 Å². The molecule has 1 radical (unpaired) electrons. The highest BCUT2D eigenvalue weighted by Gasteiger charge is 2.31. The highest BCUT2D eigenvalue weighted by Crippen LogP contribution is 2.43. The largest absolute Gasteiger partial charge is 0.102 e. The van der Waals surface area contributed by atoms with Crippen molar-refractivity contribution in [1.29, 1.82) is 0 Å². The lowest BCUT2D eigenvalue weighted by atomic mass is 9.86. The second-order valence-corrected chi connectivity index (χ2v) is 10.1. The average molecular weight is 193 g/mol. The van der Waals surface area contributed by atoms with E-state index in [1.165, 1.54) is 24.8 Å². The second-order valence-electron chi connectivity index (χ2n) is 5.33. The van der Waals surface area contributed by atoms with Crippen molar-refractivity contribution in [3.63, 3.8) is 0 Å². The molecule has 1 aliphatic carbocycles. The van der Waals surface area contributed by atoms with Gasteiger partial charge in [-0.2, -0.15) is 0 Å². The van der Waals surface area contributed by atoms with Crippen molar-refractivity contribution in [2.75, 3.05) is 0 Å². The van der Waals surface area contributed by atoms with Gasteiger partial charge in [-0.15, -0.1) is 6.58 Å². The third kappa shape index (κ3) is 2.57. The molecule has 1 saturated carbocycles. The fraction of sp³-hybridized carbons (Fsp3) is 0.667. The Labute approximate surface area is 83.7 Å². The van der Waals surface area contributed by atoms with E-state index < -0.39 is 8.07 Å². The third-order valence-electron chi connectivity index (χ3n) is 2.79. The van der Waals surface area contributed by atoms with E-state index in [1.54, 1.807) is 0 Å². The molecule has 0 aromatic carbocycles. The quantitative estimate of drug-likeness (QED) is 0.460. The van der Waals surface area contributed by atoms with E-state index >= 15 is 0 Å². The fourth-order valence-corrected chi connectivity index (χ4v) is 3.27. The molecule has 0 N–H and O–H groups in total. The summed E-state index contributed by atoms with van der Waals surface area (Å²) in [6, 6.07) is 0. The molecule has 0 aliphatic heterocycles. The van der Waals surface area contributed by atoms with Gasteiger partial charge in [-0.25, -0.2) is 0 Å². The molecule has 1 atom stereocenters. The van der Waals surface area contributed by atoms with Crippen LogP contribution in [0.25, 0.3) is 0 Å². The maximum Gasteiger partial charge on any atom is 0.0774 e. The van der Waals surface area contributed by atoms with Crippen molar-refractivity contribution >= 4 is 8.07 Å². The van der Waals surface area contributed by atoms with Gasteiger partial charge in [0.05, 0.1) is 8.07 Å². The van der Waals surface area contributed by atoms with Gasteiger partial charge >= 0.3 is 0 Å². The van der Waals surface area contributed by atoms with Crippen LogP contribution < -0.4 is 0 Å². The maximum absolute atomic E-state index is 3.95. The third-order valence-corrected chi connectivity index (χ3v) is 3.84. The van der Waals surface area contributed by atoms with Crippen LogP contribution in [0.15, 0.2) is 18.2 Å². The lowest BCUT2D eigenvalue weighted by molar-refractivity contribution is 0.531. The topological polar surface area (TPSA) is 0 Å². The zero-order chi connectivity index (χ0) is 10.1. The van der Waals surface area contributed by atoms with Crippen LogP contribution in [0.2, 0.25) is 19.6 Å². The summed E-state index contributed by atoms with van der Waals surface area (Å²) in [5.74, 6) is 0. The van der Waals surface area contributed by atoms with Gasteiger partial charge in [-0.3, -0.25) is 0 Å². The first-order chi connectivity index (χ1) is 5.87. The Morgan fingerprint density at radius 1 is 1.46 bits per heavy atom. The molecule has 1 fully saturated rings. The highest BCUT2D eigenvalue weighted by molar-refractivity contribution is 6.79. The zero-order valence-electron chi connectivity index (χ0n) is 9.41. The first-order valence-corrected chi connectivity index (χ1v) is 8.65. The van der Waals surface area contributed by atoms with Crippen molar-refractivity contribution in [3.05, 3.63) is 23.9 Å². The van der Waals surface area contributed by atoms with Gasteiger partial charge in [-0.1, -0.05) is 43.9 Å². The SMILES string of the molecule is C=CC1(C)CCCC1=[C][Si](C)(C)C. The van der Waals surface area contributed by atoms with Crippen LogP contribution in [0, 0.1) is 11.1 Å². The van der Waals surface area contributed by atoms with Crippen LogP contribution in [0.3, 0.4) is 0 Å². The highest BCUT2D eigenvalue weighted by atomic mass is 28.3.